The van der Waals surface area contributed by atoms with Gasteiger partial charge in [0.2, 0.25) is 0 Å². The van der Waals surface area contributed by atoms with Crippen molar-refractivity contribution in [3.8, 4) is 45.3 Å². The number of furan rings is 1. The molecular weight excluding hydrogens is 550 g/mol. The first-order valence-corrected chi connectivity index (χ1v) is 15.0. The summed E-state index contributed by atoms with van der Waals surface area (Å²) in [5.41, 5.74) is 6.73. The number of nitrogens with zero attached hydrogens (tertiary/aromatic N) is 3. The maximum absolute atomic E-state index is 6.62. The van der Waals surface area contributed by atoms with Crippen molar-refractivity contribution >= 4 is 43.5 Å². The zero-order chi connectivity index (χ0) is 29.7. The minimum atomic E-state index is 0.621. The van der Waals surface area contributed by atoms with Gasteiger partial charge in [0, 0.05) is 33.0 Å². The highest BCUT2D eigenvalue weighted by molar-refractivity contribution is 6.18. The minimum absolute atomic E-state index is 0.621. The van der Waals surface area contributed by atoms with E-state index in [0.717, 1.165) is 49.8 Å². The Morgan fingerprint density at radius 2 is 0.933 bits per heavy atom. The van der Waals surface area contributed by atoms with Crippen LogP contribution in [0.1, 0.15) is 0 Å². The highest BCUT2D eigenvalue weighted by Gasteiger charge is 2.18. The van der Waals surface area contributed by atoms with E-state index in [1.807, 2.05) is 72.8 Å². The summed E-state index contributed by atoms with van der Waals surface area (Å²) in [6, 6.07) is 52.2. The van der Waals surface area contributed by atoms with E-state index in [4.69, 9.17) is 19.4 Å². The van der Waals surface area contributed by atoms with Crippen LogP contribution in [0.25, 0.3) is 88.8 Å². The zero-order valence-corrected chi connectivity index (χ0v) is 24.2. The Morgan fingerprint density at radius 3 is 1.64 bits per heavy atom. The summed E-state index contributed by atoms with van der Waals surface area (Å²) in [6.07, 6.45) is 0. The molecule has 210 valence electrons. The molecule has 0 atom stereocenters. The molecular formula is C41H25N3O. The van der Waals surface area contributed by atoms with Crippen molar-refractivity contribution < 1.29 is 4.42 Å². The summed E-state index contributed by atoms with van der Waals surface area (Å²) < 4.78 is 6.62. The van der Waals surface area contributed by atoms with Gasteiger partial charge in [0.15, 0.2) is 17.5 Å². The van der Waals surface area contributed by atoms with Gasteiger partial charge >= 0.3 is 0 Å². The number of rotatable bonds is 4. The first-order valence-electron chi connectivity index (χ1n) is 15.0. The van der Waals surface area contributed by atoms with E-state index >= 15 is 0 Å². The summed E-state index contributed by atoms with van der Waals surface area (Å²) in [7, 11) is 0. The lowest BCUT2D eigenvalue weighted by atomic mass is 9.92. The maximum Gasteiger partial charge on any atom is 0.164 e. The van der Waals surface area contributed by atoms with Crippen molar-refractivity contribution in [2.75, 3.05) is 0 Å². The van der Waals surface area contributed by atoms with Gasteiger partial charge in [-0.05, 0) is 51.4 Å². The van der Waals surface area contributed by atoms with Crippen molar-refractivity contribution in [3.63, 3.8) is 0 Å². The molecule has 0 bridgehead atoms. The van der Waals surface area contributed by atoms with Crippen LogP contribution in [0.5, 0.6) is 0 Å². The average Bonchev–Trinajstić information content (AvgIpc) is 3.50. The fraction of sp³-hybridized carbons (Fsp3) is 0. The molecule has 0 aliphatic carbocycles. The number of hydrogen-bond acceptors (Lipinski definition) is 4. The molecule has 0 aliphatic rings. The Hall–Kier alpha value is -6.13. The molecule has 0 N–H and O–H groups in total. The zero-order valence-electron chi connectivity index (χ0n) is 24.2. The van der Waals surface area contributed by atoms with E-state index < -0.39 is 0 Å². The van der Waals surface area contributed by atoms with Crippen LogP contribution in [0.15, 0.2) is 156 Å². The highest BCUT2D eigenvalue weighted by atomic mass is 16.3. The molecule has 0 fully saturated rings. The summed E-state index contributed by atoms with van der Waals surface area (Å²) in [5.74, 6) is 1.90. The first kappa shape index (κ1) is 25.4. The molecule has 0 saturated carbocycles. The largest absolute Gasteiger partial charge is 0.455 e. The third kappa shape index (κ3) is 4.27. The van der Waals surface area contributed by atoms with Gasteiger partial charge in [-0.2, -0.15) is 0 Å². The van der Waals surface area contributed by atoms with Crippen LogP contribution in [0.3, 0.4) is 0 Å². The average molecular weight is 576 g/mol. The summed E-state index contributed by atoms with van der Waals surface area (Å²) >= 11 is 0. The third-order valence-electron chi connectivity index (χ3n) is 8.51. The fourth-order valence-electron chi connectivity index (χ4n) is 6.36. The second-order valence-electron chi connectivity index (χ2n) is 11.2. The highest BCUT2D eigenvalue weighted by Crippen LogP contribution is 2.41. The van der Waals surface area contributed by atoms with Gasteiger partial charge in [0.1, 0.15) is 11.2 Å². The van der Waals surface area contributed by atoms with Gasteiger partial charge < -0.3 is 4.42 Å². The first-order chi connectivity index (χ1) is 22.3. The minimum Gasteiger partial charge on any atom is -0.455 e. The Labute approximate surface area is 259 Å². The molecule has 0 unspecified atom stereocenters. The van der Waals surface area contributed by atoms with Crippen molar-refractivity contribution in [2.45, 2.75) is 0 Å². The molecule has 0 saturated heterocycles. The third-order valence-corrected chi connectivity index (χ3v) is 8.51. The van der Waals surface area contributed by atoms with Gasteiger partial charge in [-0.25, -0.2) is 15.0 Å². The standard InChI is InChI=1S/C41H25N3O/c1-3-12-26(13-4-1)39-42-40(27-14-5-2-6-15-27)44-41(43-39)29-22-23-37-36(25-29)34-21-11-20-33(38(34)45-37)35-24-28-16-7-8-17-30(28)31-18-9-10-19-32(31)35/h1-25H. The number of benzene rings is 7. The van der Waals surface area contributed by atoms with Gasteiger partial charge in [-0.3, -0.25) is 0 Å². The van der Waals surface area contributed by atoms with Crippen LogP contribution in [0.4, 0.5) is 0 Å². The molecule has 2 aromatic heterocycles. The molecule has 9 aromatic rings. The summed E-state index contributed by atoms with van der Waals surface area (Å²) in [4.78, 5) is 14.7. The lowest BCUT2D eigenvalue weighted by Gasteiger charge is -2.11. The van der Waals surface area contributed by atoms with E-state index in [-0.39, 0.29) is 0 Å². The Morgan fingerprint density at radius 1 is 0.356 bits per heavy atom. The second kappa shape index (κ2) is 10.2. The van der Waals surface area contributed by atoms with Gasteiger partial charge in [0.25, 0.3) is 0 Å². The fourth-order valence-corrected chi connectivity index (χ4v) is 6.36. The lowest BCUT2D eigenvalue weighted by Crippen LogP contribution is -2.00. The predicted molar refractivity (Wildman–Crippen MR) is 184 cm³/mol. The monoisotopic (exact) mass is 575 g/mol. The molecule has 9 rings (SSSR count). The summed E-state index contributed by atoms with van der Waals surface area (Å²) in [5, 5.41) is 6.98. The van der Waals surface area contributed by atoms with E-state index in [2.05, 4.69) is 78.9 Å². The number of para-hydroxylation sites is 1. The van der Waals surface area contributed by atoms with Gasteiger partial charge in [0.05, 0.1) is 0 Å². The molecule has 7 aromatic carbocycles. The van der Waals surface area contributed by atoms with Crippen molar-refractivity contribution in [3.05, 3.63) is 152 Å². The van der Waals surface area contributed by atoms with Crippen molar-refractivity contribution in [2.24, 2.45) is 0 Å². The van der Waals surface area contributed by atoms with Crippen LogP contribution in [-0.2, 0) is 0 Å². The molecule has 4 heteroatoms. The van der Waals surface area contributed by atoms with E-state index in [9.17, 15) is 0 Å². The number of fused-ring (bicyclic) bond motifs is 6. The van der Waals surface area contributed by atoms with Crippen LogP contribution in [0, 0.1) is 0 Å². The predicted octanol–water partition coefficient (Wildman–Crippen LogP) is 10.7. The van der Waals surface area contributed by atoms with Crippen LogP contribution in [-0.4, -0.2) is 15.0 Å². The molecule has 0 amide bonds. The summed E-state index contributed by atoms with van der Waals surface area (Å²) in [6.45, 7) is 0. The van der Waals surface area contributed by atoms with Crippen molar-refractivity contribution in [1.29, 1.82) is 0 Å². The topological polar surface area (TPSA) is 51.8 Å². The van der Waals surface area contributed by atoms with Gasteiger partial charge in [-0.1, -0.05) is 127 Å². The SMILES string of the molecule is c1ccc(-c2nc(-c3ccccc3)nc(-c3ccc4oc5c(-c6cc7ccccc7c7ccccc67)cccc5c4c3)n2)cc1. The second-order valence-corrected chi connectivity index (χ2v) is 11.2. The van der Waals surface area contributed by atoms with Gasteiger partial charge in [-0.15, -0.1) is 0 Å². The smallest absolute Gasteiger partial charge is 0.164 e. The maximum atomic E-state index is 6.62. The Kier molecular flexibility index (Phi) is 5.78. The molecule has 4 nitrogen and oxygen atoms in total. The molecule has 0 radical (unpaired) electrons. The molecule has 0 aliphatic heterocycles. The van der Waals surface area contributed by atoms with Crippen LogP contribution >= 0.6 is 0 Å². The number of hydrogen-bond donors (Lipinski definition) is 0. The molecule has 45 heavy (non-hydrogen) atoms. The van der Waals surface area contributed by atoms with E-state index in [0.29, 0.717) is 17.5 Å². The lowest BCUT2D eigenvalue weighted by molar-refractivity contribution is 0.670. The Balaban J connectivity index is 1.24. The van der Waals surface area contributed by atoms with Crippen LogP contribution < -0.4 is 0 Å². The van der Waals surface area contributed by atoms with E-state index in [1.54, 1.807) is 0 Å². The quantitative estimate of drug-likeness (QED) is 0.196. The molecule has 0 spiro atoms. The van der Waals surface area contributed by atoms with E-state index in [1.165, 1.54) is 21.5 Å². The Bertz CT molecular complexity index is 2480. The number of aromatic nitrogens is 3. The molecule has 2 heterocycles. The van der Waals surface area contributed by atoms with Crippen LogP contribution in [0.2, 0.25) is 0 Å². The van der Waals surface area contributed by atoms with Crippen molar-refractivity contribution in [1.82, 2.24) is 15.0 Å². The normalized spacial score (nSPS) is 11.6.